The number of esters is 1. The van der Waals surface area contributed by atoms with Gasteiger partial charge in [-0.3, -0.25) is 19.2 Å². The molecule has 3 rings (SSSR count). The number of ether oxygens (including phenoxy) is 2. The molecule has 0 aliphatic heterocycles. The summed E-state index contributed by atoms with van der Waals surface area (Å²) in [6.45, 7) is 5.70. The predicted octanol–water partition coefficient (Wildman–Crippen LogP) is 4.22. The highest BCUT2D eigenvalue weighted by molar-refractivity contribution is 5.98. The Morgan fingerprint density at radius 2 is 1.38 bits per heavy atom. The van der Waals surface area contributed by atoms with E-state index in [2.05, 4.69) is 16.0 Å². The van der Waals surface area contributed by atoms with Crippen LogP contribution in [0.5, 0.6) is 11.5 Å². The second kappa shape index (κ2) is 19.3. The average molecular weight is 657 g/mol. The van der Waals surface area contributed by atoms with Crippen LogP contribution in [0.15, 0.2) is 97.1 Å². The molecule has 0 bridgehead atoms. The lowest BCUT2D eigenvalue weighted by atomic mass is 10.00. The van der Waals surface area contributed by atoms with E-state index in [4.69, 9.17) is 15.2 Å². The molecule has 0 aromatic heterocycles. The Bertz CT molecular complexity index is 1530. The summed E-state index contributed by atoms with van der Waals surface area (Å²) in [5.41, 5.74) is 6.45. The van der Waals surface area contributed by atoms with Crippen LogP contribution in [0, 0.1) is 5.92 Å². The lowest BCUT2D eigenvalue weighted by Crippen LogP contribution is -2.55. The molecule has 0 heterocycles. The first-order valence-electron chi connectivity index (χ1n) is 16.0. The Morgan fingerprint density at radius 3 is 1.98 bits per heavy atom. The number of hydrogen-bond donors (Lipinski definition) is 4. The third-order valence-corrected chi connectivity index (χ3v) is 7.12. The van der Waals surface area contributed by atoms with Crippen molar-refractivity contribution in [3.8, 4) is 11.5 Å². The zero-order valence-corrected chi connectivity index (χ0v) is 27.5. The van der Waals surface area contributed by atoms with Crippen molar-refractivity contribution >= 4 is 29.6 Å². The van der Waals surface area contributed by atoms with Crippen LogP contribution >= 0.6 is 0 Å². The van der Waals surface area contributed by atoms with E-state index < -0.39 is 47.7 Å². The fourth-order valence-corrected chi connectivity index (χ4v) is 4.76. The first-order chi connectivity index (χ1) is 23.0. The molecule has 3 atom stereocenters. The molecule has 5 N–H and O–H groups in total. The third-order valence-electron chi connectivity index (χ3n) is 7.12. The molecule has 0 saturated carbocycles. The second-order valence-corrected chi connectivity index (χ2v) is 11.6. The van der Waals surface area contributed by atoms with E-state index in [-0.39, 0.29) is 31.8 Å². The molecular formula is C37H44N4O7. The van der Waals surface area contributed by atoms with E-state index in [1.54, 1.807) is 31.2 Å². The highest BCUT2D eigenvalue weighted by atomic mass is 16.5. The maximum absolute atomic E-state index is 13.7. The zero-order chi connectivity index (χ0) is 34.9. The van der Waals surface area contributed by atoms with Crippen molar-refractivity contribution in [2.45, 2.75) is 64.6 Å². The van der Waals surface area contributed by atoms with E-state index in [1.165, 1.54) is 12.2 Å². The number of amides is 4. The van der Waals surface area contributed by atoms with Crippen LogP contribution in [0.4, 0.5) is 0 Å². The Kier molecular flexibility index (Phi) is 14.9. The number of nitrogens with two attached hydrogens (primary N) is 1. The Hall–Kier alpha value is -5.45. The number of carbonyl (C=O) groups excluding carboxylic acids is 5. The summed E-state index contributed by atoms with van der Waals surface area (Å²) in [6.07, 6.45) is 3.15. The SMILES string of the molecule is CCOC(=O)/C=C/[C@H](CCC(N)=O)NC(=O)[C@H](Cc1ccccc1)NC(=O)[C@H](CC(C)C)NC(=O)c1ccc(Oc2ccccc2)cc1. The van der Waals surface area contributed by atoms with Crippen LogP contribution in [-0.4, -0.2) is 54.3 Å². The van der Waals surface area contributed by atoms with Crippen LogP contribution < -0.4 is 26.4 Å². The molecular weight excluding hydrogens is 612 g/mol. The number of para-hydroxylation sites is 1. The molecule has 0 fully saturated rings. The molecule has 3 aromatic rings. The highest BCUT2D eigenvalue weighted by Gasteiger charge is 2.29. The molecule has 0 unspecified atom stereocenters. The van der Waals surface area contributed by atoms with Gasteiger partial charge >= 0.3 is 5.97 Å². The topological polar surface area (TPSA) is 166 Å². The fourth-order valence-electron chi connectivity index (χ4n) is 4.76. The highest BCUT2D eigenvalue weighted by Crippen LogP contribution is 2.21. The predicted molar refractivity (Wildman–Crippen MR) is 182 cm³/mol. The van der Waals surface area contributed by atoms with E-state index in [9.17, 15) is 24.0 Å². The maximum atomic E-state index is 13.7. The molecule has 254 valence electrons. The summed E-state index contributed by atoms with van der Waals surface area (Å²) >= 11 is 0. The van der Waals surface area contributed by atoms with Crippen molar-refractivity contribution in [1.29, 1.82) is 0 Å². The van der Waals surface area contributed by atoms with Gasteiger partial charge in [-0.05, 0) is 67.6 Å². The summed E-state index contributed by atoms with van der Waals surface area (Å²) in [4.78, 5) is 64.1. The number of rotatable bonds is 18. The molecule has 3 aromatic carbocycles. The molecule has 0 saturated heterocycles. The number of carbonyl (C=O) groups is 5. The Balaban J connectivity index is 1.77. The first kappa shape index (κ1) is 37.0. The molecule has 0 radical (unpaired) electrons. The van der Waals surface area contributed by atoms with E-state index in [0.717, 1.165) is 5.56 Å². The van der Waals surface area contributed by atoms with Crippen molar-refractivity contribution in [2.24, 2.45) is 11.7 Å². The number of benzene rings is 3. The number of primary amides is 1. The minimum atomic E-state index is -1.05. The van der Waals surface area contributed by atoms with Gasteiger partial charge in [0.1, 0.15) is 23.6 Å². The van der Waals surface area contributed by atoms with Gasteiger partial charge in [0.2, 0.25) is 17.7 Å². The quantitative estimate of drug-likeness (QED) is 0.118. The molecule has 4 amide bonds. The molecule has 0 spiro atoms. The summed E-state index contributed by atoms with van der Waals surface area (Å²) in [7, 11) is 0. The third kappa shape index (κ3) is 13.1. The van der Waals surface area contributed by atoms with Gasteiger partial charge in [-0.25, -0.2) is 4.79 Å². The van der Waals surface area contributed by atoms with Crippen molar-refractivity contribution in [2.75, 3.05) is 6.61 Å². The standard InChI is InChI=1S/C37H44N4O7/c1-4-47-34(43)22-18-28(17-21-33(38)42)39-36(45)32(24-26-11-7-5-8-12-26)41-37(46)31(23-25(2)3)40-35(44)27-15-19-30(20-16-27)48-29-13-9-6-10-14-29/h5-16,18-20,22,25,28,31-32H,4,17,21,23-24H2,1-3H3,(H2,38,42)(H,39,45)(H,40,44)(H,41,46)/b22-18+/t28-,31-,32-/m0/s1. The summed E-state index contributed by atoms with van der Waals surface area (Å²) in [5.74, 6) is -1.46. The molecule has 0 aliphatic carbocycles. The van der Waals surface area contributed by atoms with Crippen molar-refractivity contribution < 1.29 is 33.4 Å². The summed E-state index contributed by atoms with van der Waals surface area (Å²) in [5, 5.41) is 8.46. The van der Waals surface area contributed by atoms with Gasteiger partial charge in [0.05, 0.1) is 6.61 Å². The van der Waals surface area contributed by atoms with Crippen LogP contribution in [0.3, 0.4) is 0 Å². The van der Waals surface area contributed by atoms with Gasteiger partial charge in [-0.2, -0.15) is 0 Å². The van der Waals surface area contributed by atoms with E-state index in [0.29, 0.717) is 23.5 Å². The average Bonchev–Trinajstić information content (AvgIpc) is 3.06. The molecule has 0 aliphatic rings. The van der Waals surface area contributed by atoms with Crippen LogP contribution in [-0.2, 0) is 30.3 Å². The van der Waals surface area contributed by atoms with Crippen molar-refractivity contribution in [3.05, 3.63) is 108 Å². The Morgan fingerprint density at radius 1 is 0.771 bits per heavy atom. The minimum Gasteiger partial charge on any atom is -0.463 e. The lowest BCUT2D eigenvalue weighted by molar-refractivity contribution is -0.137. The summed E-state index contributed by atoms with van der Waals surface area (Å²) < 4.78 is 10.7. The summed E-state index contributed by atoms with van der Waals surface area (Å²) in [6, 6.07) is 22.2. The van der Waals surface area contributed by atoms with Crippen molar-refractivity contribution in [1.82, 2.24) is 16.0 Å². The van der Waals surface area contributed by atoms with Crippen LogP contribution in [0.25, 0.3) is 0 Å². The zero-order valence-electron chi connectivity index (χ0n) is 27.5. The van der Waals surface area contributed by atoms with Crippen LogP contribution in [0.2, 0.25) is 0 Å². The molecule has 11 nitrogen and oxygen atoms in total. The van der Waals surface area contributed by atoms with Gasteiger partial charge in [0.25, 0.3) is 5.91 Å². The van der Waals surface area contributed by atoms with Gasteiger partial charge in [0, 0.05) is 30.5 Å². The van der Waals surface area contributed by atoms with Gasteiger partial charge in [-0.15, -0.1) is 0 Å². The fraction of sp³-hybridized carbons (Fsp3) is 0.324. The normalized spacial score (nSPS) is 12.8. The van der Waals surface area contributed by atoms with Gasteiger partial charge in [0.15, 0.2) is 0 Å². The minimum absolute atomic E-state index is 0.0373. The monoisotopic (exact) mass is 656 g/mol. The lowest BCUT2D eigenvalue weighted by Gasteiger charge is -2.25. The Labute approximate surface area is 281 Å². The van der Waals surface area contributed by atoms with E-state index >= 15 is 0 Å². The molecule has 48 heavy (non-hydrogen) atoms. The van der Waals surface area contributed by atoms with Gasteiger partial charge in [-0.1, -0.05) is 68.5 Å². The van der Waals surface area contributed by atoms with Crippen molar-refractivity contribution in [3.63, 3.8) is 0 Å². The van der Waals surface area contributed by atoms with E-state index in [1.807, 2.05) is 74.5 Å². The second-order valence-electron chi connectivity index (χ2n) is 11.6. The first-order valence-corrected chi connectivity index (χ1v) is 16.0. The number of nitrogens with one attached hydrogen (secondary N) is 3. The maximum Gasteiger partial charge on any atom is 0.330 e. The van der Waals surface area contributed by atoms with Gasteiger partial charge < -0.3 is 31.2 Å². The van der Waals surface area contributed by atoms with Crippen LogP contribution in [0.1, 0.15) is 56.0 Å². The smallest absolute Gasteiger partial charge is 0.330 e. The molecule has 11 heteroatoms. The number of hydrogen-bond acceptors (Lipinski definition) is 7. The largest absolute Gasteiger partial charge is 0.463 e.